The first-order chi connectivity index (χ1) is 18.0. The van der Waals surface area contributed by atoms with Crippen molar-refractivity contribution in [3.8, 4) is 11.5 Å². The number of amides is 2. The Hall–Kier alpha value is -3.51. The summed E-state index contributed by atoms with van der Waals surface area (Å²) in [6.45, 7) is 3.85. The van der Waals surface area contributed by atoms with Gasteiger partial charge in [0.25, 0.3) is 0 Å². The maximum Gasteiger partial charge on any atom is 0.243 e. The summed E-state index contributed by atoms with van der Waals surface area (Å²) < 4.78 is 11.3. The molecular weight excluding hydrogens is 488 g/mol. The highest BCUT2D eigenvalue weighted by Crippen LogP contribution is 2.31. The first-order valence-corrected chi connectivity index (χ1v) is 13.2. The molecule has 2 amide bonds. The first-order valence-electron chi connectivity index (χ1n) is 12.8. The van der Waals surface area contributed by atoms with E-state index in [9.17, 15) is 9.59 Å². The van der Waals surface area contributed by atoms with E-state index in [4.69, 9.17) is 21.1 Å². The molecule has 0 fully saturated rings. The molecule has 1 aliphatic rings. The Kier molecular flexibility index (Phi) is 9.44. The number of nitrogens with zero attached hydrogens (tertiary/aromatic N) is 1. The fraction of sp³-hybridized carbons (Fsp3) is 0.333. The molecule has 3 aromatic rings. The molecule has 1 heterocycles. The van der Waals surface area contributed by atoms with Gasteiger partial charge < -0.3 is 19.7 Å². The number of carbonyl (C=O) groups is 2. The fourth-order valence-electron chi connectivity index (χ4n) is 4.37. The van der Waals surface area contributed by atoms with Gasteiger partial charge in [0.05, 0.1) is 0 Å². The lowest BCUT2D eigenvalue weighted by molar-refractivity contribution is -0.141. The number of carbonyl (C=O) groups excluding carboxylic acids is 2. The Bertz CT molecular complexity index is 1200. The van der Waals surface area contributed by atoms with E-state index in [1.54, 1.807) is 11.0 Å². The molecule has 1 aliphatic heterocycles. The van der Waals surface area contributed by atoms with Gasteiger partial charge in [-0.25, -0.2) is 0 Å². The van der Waals surface area contributed by atoms with Gasteiger partial charge in [-0.15, -0.1) is 0 Å². The molecule has 1 atom stereocenters. The van der Waals surface area contributed by atoms with Crippen molar-refractivity contribution in [1.29, 1.82) is 0 Å². The molecule has 6 nitrogen and oxygen atoms in total. The summed E-state index contributed by atoms with van der Waals surface area (Å²) in [7, 11) is 0. The molecule has 0 aliphatic carbocycles. The van der Waals surface area contributed by atoms with Gasteiger partial charge in [0.15, 0.2) is 11.5 Å². The molecule has 0 aromatic heterocycles. The van der Waals surface area contributed by atoms with Gasteiger partial charge in [0, 0.05) is 31.0 Å². The van der Waals surface area contributed by atoms with Crippen LogP contribution in [0, 0.1) is 0 Å². The lowest BCUT2D eigenvalue weighted by Crippen LogP contribution is -2.50. The molecule has 0 saturated carbocycles. The number of fused-ring (bicyclic) bond motifs is 1. The van der Waals surface area contributed by atoms with Gasteiger partial charge in [-0.2, -0.15) is 0 Å². The lowest BCUT2D eigenvalue weighted by Gasteiger charge is -2.32. The summed E-state index contributed by atoms with van der Waals surface area (Å²) in [5.41, 5.74) is 2.77. The topological polar surface area (TPSA) is 67.9 Å². The third-order valence-electron chi connectivity index (χ3n) is 6.35. The highest BCUT2D eigenvalue weighted by atomic mass is 35.5. The van der Waals surface area contributed by atoms with E-state index < -0.39 is 6.04 Å². The molecule has 0 unspecified atom stereocenters. The van der Waals surface area contributed by atoms with E-state index >= 15 is 0 Å². The maximum absolute atomic E-state index is 13.8. The lowest BCUT2D eigenvalue weighted by atomic mass is 10.0. The number of hydrogen-bond donors (Lipinski definition) is 1. The number of nitrogens with one attached hydrogen (secondary N) is 1. The zero-order valence-corrected chi connectivity index (χ0v) is 21.9. The number of aryl methyl sites for hydroxylation is 1. The van der Waals surface area contributed by atoms with Crippen molar-refractivity contribution in [2.24, 2.45) is 0 Å². The molecule has 0 spiro atoms. The van der Waals surface area contributed by atoms with Crippen LogP contribution in [-0.2, 0) is 29.0 Å². The summed E-state index contributed by atoms with van der Waals surface area (Å²) in [5, 5.41) is 3.57. The minimum atomic E-state index is -0.669. The van der Waals surface area contributed by atoms with Crippen molar-refractivity contribution in [3.05, 3.63) is 94.5 Å². The van der Waals surface area contributed by atoms with Crippen LogP contribution < -0.4 is 14.8 Å². The zero-order valence-electron chi connectivity index (χ0n) is 21.1. The van der Waals surface area contributed by atoms with Crippen molar-refractivity contribution >= 4 is 23.4 Å². The molecule has 1 N–H and O–H groups in total. The summed E-state index contributed by atoms with van der Waals surface area (Å²) >= 11 is 6.48. The van der Waals surface area contributed by atoms with E-state index in [1.165, 1.54) is 0 Å². The fourth-order valence-corrected chi connectivity index (χ4v) is 4.56. The van der Waals surface area contributed by atoms with Crippen LogP contribution in [0.2, 0.25) is 5.02 Å². The summed E-state index contributed by atoms with van der Waals surface area (Å²) in [6, 6.07) is 22.3. The predicted molar refractivity (Wildman–Crippen MR) is 145 cm³/mol. The van der Waals surface area contributed by atoms with Crippen LogP contribution in [-0.4, -0.2) is 42.5 Å². The highest BCUT2D eigenvalue weighted by molar-refractivity contribution is 6.31. The molecule has 4 rings (SSSR count). The molecule has 37 heavy (non-hydrogen) atoms. The van der Waals surface area contributed by atoms with Crippen molar-refractivity contribution in [3.63, 3.8) is 0 Å². The van der Waals surface area contributed by atoms with E-state index in [-0.39, 0.29) is 24.8 Å². The van der Waals surface area contributed by atoms with E-state index in [0.29, 0.717) is 43.4 Å². The number of hydrogen-bond acceptors (Lipinski definition) is 4. The molecular formula is C30H33ClN2O4. The number of rotatable bonds is 11. The highest BCUT2D eigenvalue weighted by Gasteiger charge is 2.30. The Morgan fingerprint density at radius 3 is 2.43 bits per heavy atom. The van der Waals surface area contributed by atoms with Crippen LogP contribution in [0.4, 0.5) is 0 Å². The monoisotopic (exact) mass is 520 g/mol. The second-order valence-corrected chi connectivity index (χ2v) is 9.49. The molecule has 7 heteroatoms. The summed E-state index contributed by atoms with van der Waals surface area (Å²) in [4.78, 5) is 28.8. The quantitative estimate of drug-likeness (QED) is 0.377. The first kappa shape index (κ1) is 26.6. The normalized spacial score (nSPS) is 13.0. The molecule has 0 radical (unpaired) electrons. The summed E-state index contributed by atoms with van der Waals surface area (Å²) in [6.07, 6.45) is 1.99. The average Bonchev–Trinajstić information content (AvgIpc) is 2.93. The van der Waals surface area contributed by atoms with E-state index in [0.717, 1.165) is 28.9 Å². The number of ether oxygens (including phenoxy) is 2. The SMILES string of the molecule is CCCNC(=O)[C@@H](Cc1ccccc1)N(Cc1ccccc1Cl)C(=O)CCc1ccc2c(c1)OCCO2. The third kappa shape index (κ3) is 7.26. The molecule has 194 valence electrons. The van der Waals surface area contributed by atoms with Gasteiger partial charge >= 0.3 is 0 Å². The molecule has 0 saturated heterocycles. The zero-order chi connectivity index (χ0) is 26.0. The van der Waals surface area contributed by atoms with Crippen LogP contribution in [0.5, 0.6) is 11.5 Å². The third-order valence-corrected chi connectivity index (χ3v) is 6.72. The molecule has 0 bridgehead atoms. The van der Waals surface area contributed by atoms with Crippen LogP contribution in [0.25, 0.3) is 0 Å². The Morgan fingerprint density at radius 2 is 1.68 bits per heavy atom. The number of benzene rings is 3. The second-order valence-electron chi connectivity index (χ2n) is 9.09. The van der Waals surface area contributed by atoms with Gasteiger partial charge in [-0.3, -0.25) is 9.59 Å². The molecule has 3 aromatic carbocycles. The summed E-state index contributed by atoms with van der Waals surface area (Å²) in [5.74, 6) is 1.15. The van der Waals surface area contributed by atoms with Crippen molar-refractivity contribution in [1.82, 2.24) is 10.2 Å². The maximum atomic E-state index is 13.8. The minimum absolute atomic E-state index is 0.109. The minimum Gasteiger partial charge on any atom is -0.486 e. The van der Waals surface area contributed by atoms with Crippen molar-refractivity contribution in [2.45, 2.75) is 45.2 Å². The van der Waals surface area contributed by atoms with Crippen molar-refractivity contribution in [2.75, 3.05) is 19.8 Å². The van der Waals surface area contributed by atoms with Crippen LogP contribution in [0.1, 0.15) is 36.5 Å². The van der Waals surface area contributed by atoms with E-state index in [2.05, 4.69) is 5.32 Å². The van der Waals surface area contributed by atoms with Crippen LogP contribution >= 0.6 is 11.6 Å². The Morgan fingerprint density at radius 1 is 0.946 bits per heavy atom. The van der Waals surface area contributed by atoms with Gasteiger partial charge in [0.1, 0.15) is 19.3 Å². The van der Waals surface area contributed by atoms with Gasteiger partial charge in [-0.05, 0) is 47.7 Å². The number of halogens is 1. The smallest absolute Gasteiger partial charge is 0.243 e. The standard InChI is InChI=1S/C30H33ClN2O4/c1-2-16-32-30(35)26(19-22-8-4-3-5-9-22)33(21-24-10-6-7-11-25(24)31)29(34)15-13-23-12-14-27-28(20-23)37-18-17-36-27/h3-12,14,20,26H,2,13,15-19,21H2,1H3,(H,32,35)/t26-/m1/s1. The Labute approximate surface area is 223 Å². The van der Waals surface area contributed by atoms with Crippen molar-refractivity contribution < 1.29 is 19.1 Å². The Balaban J connectivity index is 1.59. The predicted octanol–water partition coefficient (Wildman–Crippen LogP) is 5.21. The second kappa shape index (κ2) is 13.2. The van der Waals surface area contributed by atoms with E-state index in [1.807, 2.05) is 73.7 Å². The van der Waals surface area contributed by atoms with Gasteiger partial charge in [0.2, 0.25) is 11.8 Å². The average molecular weight is 521 g/mol. The van der Waals surface area contributed by atoms with Gasteiger partial charge in [-0.1, -0.05) is 73.1 Å². The largest absolute Gasteiger partial charge is 0.486 e. The van der Waals surface area contributed by atoms with Crippen LogP contribution in [0.15, 0.2) is 72.8 Å². The van der Waals surface area contributed by atoms with Crippen LogP contribution in [0.3, 0.4) is 0 Å².